The summed E-state index contributed by atoms with van der Waals surface area (Å²) in [5.74, 6) is 0. The van der Waals surface area contributed by atoms with Gasteiger partial charge in [0.15, 0.2) is 5.17 Å². The first-order valence-electron chi connectivity index (χ1n) is 4.81. The van der Waals surface area contributed by atoms with Gasteiger partial charge in [0.2, 0.25) is 0 Å². The molecular weight excluding hydrogens is 204 g/mol. The zero-order chi connectivity index (χ0) is 10.3. The lowest BCUT2D eigenvalue weighted by Crippen LogP contribution is -2.15. The van der Waals surface area contributed by atoms with Gasteiger partial charge in [-0.2, -0.15) is 0 Å². The molecule has 1 aliphatic heterocycles. The molecule has 2 N–H and O–H groups in total. The van der Waals surface area contributed by atoms with Gasteiger partial charge in [0.05, 0.1) is 0 Å². The van der Waals surface area contributed by atoms with Crippen LogP contribution in [0.1, 0.15) is 17.2 Å². The van der Waals surface area contributed by atoms with Crippen molar-refractivity contribution < 1.29 is 0 Å². The second-order valence-electron chi connectivity index (χ2n) is 3.57. The number of hydrogen-bond donors (Lipinski definition) is 1. The van der Waals surface area contributed by atoms with Gasteiger partial charge >= 0.3 is 0 Å². The fraction of sp³-hybridized carbons (Fsp3) is 0.0833. The number of thioether (sulfide) groups is 1. The normalized spacial score (nSPS) is 22.5. The van der Waals surface area contributed by atoms with E-state index in [1.807, 2.05) is 12.1 Å². The molecule has 1 aromatic rings. The van der Waals surface area contributed by atoms with Gasteiger partial charge < -0.3 is 5.73 Å². The van der Waals surface area contributed by atoms with Crippen molar-refractivity contribution >= 4 is 23.0 Å². The Balaban J connectivity index is 2.17. The average Bonchev–Trinajstić information content (AvgIpc) is 2.29. The smallest absolute Gasteiger partial charge is 0.159 e. The molecule has 0 fully saturated rings. The molecule has 15 heavy (non-hydrogen) atoms. The van der Waals surface area contributed by atoms with Crippen LogP contribution in [-0.2, 0) is 0 Å². The van der Waals surface area contributed by atoms with Gasteiger partial charge in [-0.3, -0.25) is 0 Å². The third-order valence-corrected chi connectivity index (χ3v) is 3.37. The number of nitrogens with two attached hydrogens (primary N) is 1. The number of hydrogen-bond acceptors (Lipinski definition) is 3. The quantitative estimate of drug-likeness (QED) is 0.721. The van der Waals surface area contributed by atoms with Crippen molar-refractivity contribution in [3.8, 4) is 0 Å². The lowest BCUT2D eigenvalue weighted by Gasteiger charge is -2.23. The van der Waals surface area contributed by atoms with E-state index >= 15 is 0 Å². The van der Waals surface area contributed by atoms with Crippen molar-refractivity contribution in [1.82, 2.24) is 0 Å². The average molecular weight is 214 g/mol. The van der Waals surface area contributed by atoms with Crippen LogP contribution in [0, 0.1) is 0 Å². The van der Waals surface area contributed by atoms with E-state index < -0.39 is 0 Å². The van der Waals surface area contributed by atoms with Crippen LogP contribution >= 0.6 is 11.8 Å². The first-order valence-corrected chi connectivity index (χ1v) is 5.69. The number of amidine groups is 1. The summed E-state index contributed by atoms with van der Waals surface area (Å²) in [4.78, 5) is 4.48. The third kappa shape index (κ3) is 1.39. The molecule has 0 spiro atoms. The van der Waals surface area contributed by atoms with Crippen LogP contribution in [0.2, 0.25) is 0 Å². The van der Waals surface area contributed by atoms with Crippen molar-refractivity contribution in [2.24, 2.45) is 10.7 Å². The minimum absolute atomic E-state index is 0.104. The van der Waals surface area contributed by atoms with Gasteiger partial charge in [-0.25, -0.2) is 4.99 Å². The summed E-state index contributed by atoms with van der Waals surface area (Å²) in [7, 11) is 0. The highest BCUT2D eigenvalue weighted by molar-refractivity contribution is 8.16. The summed E-state index contributed by atoms with van der Waals surface area (Å²) >= 11 is 1.49. The molecule has 1 atom stereocenters. The molecule has 2 nitrogen and oxygen atoms in total. The van der Waals surface area contributed by atoms with E-state index in [-0.39, 0.29) is 6.04 Å². The van der Waals surface area contributed by atoms with Gasteiger partial charge in [-0.15, -0.1) is 0 Å². The topological polar surface area (TPSA) is 38.4 Å². The summed E-state index contributed by atoms with van der Waals surface area (Å²) in [6.07, 6.45) is 4.26. The molecule has 0 saturated heterocycles. The highest BCUT2D eigenvalue weighted by Crippen LogP contribution is 2.38. The molecule has 1 unspecified atom stereocenters. The van der Waals surface area contributed by atoms with Gasteiger partial charge in [0, 0.05) is 0 Å². The number of rotatable bonds is 0. The predicted molar refractivity (Wildman–Crippen MR) is 65.5 cm³/mol. The van der Waals surface area contributed by atoms with E-state index in [0.717, 1.165) is 0 Å². The molecule has 0 amide bonds. The SMILES string of the molecule is NC1=NC2C(=CS1)C=Cc1ccccc12. The van der Waals surface area contributed by atoms with Crippen LogP contribution in [0.15, 0.2) is 46.3 Å². The van der Waals surface area contributed by atoms with Crippen LogP contribution in [0.5, 0.6) is 0 Å². The summed E-state index contributed by atoms with van der Waals surface area (Å²) < 4.78 is 0. The molecule has 2 aliphatic rings. The van der Waals surface area contributed by atoms with Crippen LogP contribution in [0.4, 0.5) is 0 Å². The summed E-state index contributed by atoms with van der Waals surface area (Å²) in [6.45, 7) is 0. The number of benzene rings is 1. The minimum atomic E-state index is 0.104. The number of nitrogens with zero attached hydrogens (tertiary/aromatic N) is 1. The van der Waals surface area contributed by atoms with Crippen molar-refractivity contribution in [2.75, 3.05) is 0 Å². The van der Waals surface area contributed by atoms with Crippen molar-refractivity contribution in [1.29, 1.82) is 0 Å². The number of aliphatic imine (C=N–C) groups is 1. The maximum absolute atomic E-state index is 5.74. The Labute approximate surface area is 92.6 Å². The second-order valence-corrected chi connectivity index (χ2v) is 4.46. The summed E-state index contributed by atoms with van der Waals surface area (Å²) in [5.41, 5.74) is 9.46. The van der Waals surface area contributed by atoms with Gasteiger partial charge in [-0.1, -0.05) is 48.2 Å². The van der Waals surface area contributed by atoms with E-state index in [4.69, 9.17) is 5.73 Å². The Morgan fingerprint density at radius 2 is 2.07 bits per heavy atom. The summed E-state index contributed by atoms with van der Waals surface area (Å²) in [5, 5.41) is 2.73. The molecule has 0 saturated carbocycles. The van der Waals surface area contributed by atoms with E-state index in [1.165, 1.54) is 28.5 Å². The predicted octanol–water partition coefficient (Wildman–Crippen LogP) is 2.70. The minimum Gasteiger partial charge on any atom is -0.378 e. The molecule has 1 heterocycles. The standard InChI is InChI=1S/C12H10N2S/c13-12-14-11-9(7-15-12)6-5-8-3-1-2-4-10(8)11/h1-7,11H,(H2,13,14). The monoisotopic (exact) mass is 214 g/mol. The van der Waals surface area contributed by atoms with Crippen molar-refractivity contribution in [3.63, 3.8) is 0 Å². The molecule has 0 aromatic heterocycles. The van der Waals surface area contributed by atoms with E-state index in [2.05, 4.69) is 34.7 Å². The zero-order valence-corrected chi connectivity index (χ0v) is 8.87. The molecule has 3 heteroatoms. The maximum atomic E-state index is 5.74. The molecule has 74 valence electrons. The van der Waals surface area contributed by atoms with Gasteiger partial charge in [0.25, 0.3) is 0 Å². The van der Waals surface area contributed by atoms with Crippen LogP contribution in [0.25, 0.3) is 6.08 Å². The van der Waals surface area contributed by atoms with Crippen molar-refractivity contribution in [2.45, 2.75) is 6.04 Å². The van der Waals surface area contributed by atoms with Crippen LogP contribution in [-0.4, -0.2) is 5.17 Å². The molecule has 1 aliphatic carbocycles. The van der Waals surface area contributed by atoms with Crippen LogP contribution < -0.4 is 5.73 Å². The van der Waals surface area contributed by atoms with E-state index in [1.54, 1.807) is 0 Å². The van der Waals surface area contributed by atoms with Gasteiger partial charge in [0.1, 0.15) is 6.04 Å². The molecule has 1 aromatic carbocycles. The highest BCUT2D eigenvalue weighted by atomic mass is 32.2. The molecule has 0 bridgehead atoms. The Kier molecular flexibility index (Phi) is 1.92. The largest absolute Gasteiger partial charge is 0.378 e. The van der Waals surface area contributed by atoms with Crippen molar-refractivity contribution in [3.05, 3.63) is 52.4 Å². The fourth-order valence-electron chi connectivity index (χ4n) is 1.90. The lowest BCUT2D eigenvalue weighted by atomic mass is 9.90. The molecule has 3 rings (SSSR count). The Morgan fingerprint density at radius 3 is 3.00 bits per heavy atom. The molecule has 0 radical (unpaired) electrons. The fourth-order valence-corrected chi connectivity index (χ4v) is 2.53. The number of fused-ring (bicyclic) bond motifs is 3. The maximum Gasteiger partial charge on any atom is 0.159 e. The first kappa shape index (κ1) is 8.80. The lowest BCUT2D eigenvalue weighted by molar-refractivity contribution is 0.864. The Bertz CT molecular complexity index is 500. The molecular formula is C12H10N2S. The summed E-state index contributed by atoms with van der Waals surface area (Å²) in [6, 6.07) is 8.42. The zero-order valence-electron chi connectivity index (χ0n) is 8.05. The van der Waals surface area contributed by atoms with E-state index in [9.17, 15) is 0 Å². The Morgan fingerprint density at radius 1 is 1.20 bits per heavy atom. The van der Waals surface area contributed by atoms with Gasteiger partial charge in [-0.05, 0) is 22.1 Å². The van der Waals surface area contributed by atoms with Crippen LogP contribution in [0.3, 0.4) is 0 Å². The third-order valence-electron chi connectivity index (χ3n) is 2.63. The second kappa shape index (κ2) is 3.28. The highest BCUT2D eigenvalue weighted by Gasteiger charge is 2.22. The first-order chi connectivity index (χ1) is 7.34. The Hall–Kier alpha value is -1.48. The van der Waals surface area contributed by atoms with E-state index in [0.29, 0.717) is 5.17 Å².